The lowest BCUT2D eigenvalue weighted by Gasteiger charge is -2.09. The number of hydrogen-bond acceptors (Lipinski definition) is 7. The van der Waals surface area contributed by atoms with Gasteiger partial charge in [0.1, 0.15) is 4.90 Å². The lowest BCUT2D eigenvalue weighted by Crippen LogP contribution is -2.24. The first-order chi connectivity index (χ1) is 9.94. The van der Waals surface area contributed by atoms with Crippen LogP contribution in [-0.2, 0) is 21.3 Å². The van der Waals surface area contributed by atoms with E-state index in [1.54, 1.807) is 11.7 Å². The molecule has 1 heterocycles. The Kier molecular flexibility index (Phi) is 4.56. The summed E-state index contributed by atoms with van der Waals surface area (Å²) >= 11 is 1.34. The summed E-state index contributed by atoms with van der Waals surface area (Å²) in [5, 5.41) is 0. The van der Waals surface area contributed by atoms with Gasteiger partial charge in [0.2, 0.25) is 10.0 Å². The van der Waals surface area contributed by atoms with E-state index < -0.39 is 16.0 Å². The van der Waals surface area contributed by atoms with E-state index in [0.29, 0.717) is 0 Å². The number of sulfonamides is 1. The minimum Gasteiger partial charge on any atom is -0.465 e. The van der Waals surface area contributed by atoms with Crippen molar-refractivity contribution in [3.63, 3.8) is 0 Å². The number of nitrogens with one attached hydrogen (secondary N) is 1. The van der Waals surface area contributed by atoms with Crippen LogP contribution in [0.1, 0.15) is 15.2 Å². The van der Waals surface area contributed by atoms with Gasteiger partial charge in [-0.1, -0.05) is 0 Å². The topological polar surface area (TPSA) is 111 Å². The molecule has 0 saturated carbocycles. The molecule has 0 amide bonds. The third-order valence-corrected chi connectivity index (χ3v) is 4.90. The zero-order valence-corrected chi connectivity index (χ0v) is 12.7. The maximum Gasteiger partial charge on any atom is 0.337 e. The number of esters is 1. The molecule has 2 aromatic rings. The minimum absolute atomic E-state index is 0.0188. The molecule has 0 aliphatic heterocycles. The molecule has 2 rings (SSSR count). The highest BCUT2D eigenvalue weighted by Crippen LogP contribution is 2.20. The fraction of sp³-hybridized carbons (Fsp3) is 0.167. The molecule has 0 atom stereocenters. The van der Waals surface area contributed by atoms with Crippen molar-refractivity contribution < 1.29 is 17.9 Å². The zero-order chi connectivity index (χ0) is 15.5. The molecule has 1 aromatic carbocycles. The third-order valence-electron chi connectivity index (χ3n) is 2.64. The largest absolute Gasteiger partial charge is 0.465 e. The van der Waals surface area contributed by atoms with Crippen LogP contribution in [0.3, 0.4) is 0 Å². The Morgan fingerprint density at radius 1 is 1.48 bits per heavy atom. The highest BCUT2D eigenvalue weighted by molar-refractivity contribution is 7.89. The Bertz CT molecular complexity index is 742. The molecule has 112 valence electrons. The van der Waals surface area contributed by atoms with Crippen LogP contribution in [0.4, 0.5) is 5.69 Å². The van der Waals surface area contributed by atoms with Gasteiger partial charge in [-0.15, -0.1) is 11.3 Å². The van der Waals surface area contributed by atoms with Crippen molar-refractivity contribution in [2.45, 2.75) is 11.4 Å². The predicted molar refractivity (Wildman–Crippen MR) is 78.3 cm³/mol. The van der Waals surface area contributed by atoms with Gasteiger partial charge in [-0.2, -0.15) is 0 Å². The van der Waals surface area contributed by atoms with Gasteiger partial charge in [-0.25, -0.2) is 17.9 Å². The van der Waals surface area contributed by atoms with E-state index in [1.165, 1.54) is 36.6 Å². The second-order valence-corrected chi connectivity index (χ2v) is 6.74. The van der Waals surface area contributed by atoms with Gasteiger partial charge in [0.05, 0.1) is 23.9 Å². The normalized spacial score (nSPS) is 11.3. The number of hydrogen-bond donors (Lipinski definition) is 2. The second-order valence-electron chi connectivity index (χ2n) is 4.04. The van der Waals surface area contributed by atoms with E-state index in [2.05, 4.69) is 14.4 Å². The Morgan fingerprint density at radius 3 is 2.81 bits per heavy atom. The van der Waals surface area contributed by atoms with E-state index in [4.69, 9.17) is 5.73 Å². The standard InChI is InChI=1S/C12H13N3O4S2/c1-19-12(16)8-2-3-11(10(13)4-8)21(17,18)15-6-9-5-14-7-20-9/h2-5,7,15H,6,13H2,1H3. The van der Waals surface area contributed by atoms with Gasteiger partial charge in [-0.3, -0.25) is 4.98 Å². The molecule has 1 aromatic heterocycles. The van der Waals surface area contributed by atoms with Gasteiger partial charge >= 0.3 is 5.97 Å². The number of anilines is 1. The fourth-order valence-corrected chi connectivity index (χ4v) is 3.35. The SMILES string of the molecule is COC(=O)c1ccc(S(=O)(=O)NCc2cncs2)c(N)c1. The summed E-state index contributed by atoms with van der Waals surface area (Å²) in [5.74, 6) is -0.580. The number of methoxy groups -OCH3 is 1. The molecular weight excluding hydrogens is 314 g/mol. The molecule has 3 N–H and O–H groups in total. The maximum atomic E-state index is 12.2. The summed E-state index contributed by atoms with van der Waals surface area (Å²) in [5.41, 5.74) is 7.50. The molecule has 9 heteroatoms. The quantitative estimate of drug-likeness (QED) is 0.626. The number of nitrogens with zero attached hydrogens (tertiary/aromatic N) is 1. The van der Waals surface area contributed by atoms with Crippen LogP contribution in [0.5, 0.6) is 0 Å². The first-order valence-corrected chi connectivity index (χ1v) is 8.15. The van der Waals surface area contributed by atoms with Crippen LogP contribution in [0.15, 0.2) is 34.8 Å². The molecule has 0 unspecified atom stereocenters. The Morgan fingerprint density at radius 2 is 2.24 bits per heavy atom. The van der Waals surface area contributed by atoms with Gasteiger partial charge in [0, 0.05) is 17.6 Å². The van der Waals surface area contributed by atoms with Crippen LogP contribution in [0, 0.1) is 0 Å². The number of rotatable bonds is 5. The van der Waals surface area contributed by atoms with Gasteiger partial charge in [-0.05, 0) is 18.2 Å². The lowest BCUT2D eigenvalue weighted by atomic mass is 10.2. The molecule has 0 fully saturated rings. The van der Waals surface area contributed by atoms with Crippen molar-refractivity contribution in [1.29, 1.82) is 0 Å². The summed E-state index contributed by atoms with van der Waals surface area (Å²) in [7, 11) is -2.53. The van der Waals surface area contributed by atoms with Crippen molar-refractivity contribution in [3.05, 3.63) is 40.3 Å². The number of thiazole rings is 1. The van der Waals surface area contributed by atoms with Crippen molar-refractivity contribution in [1.82, 2.24) is 9.71 Å². The molecule has 7 nitrogen and oxygen atoms in total. The number of aromatic nitrogens is 1. The number of ether oxygens (including phenoxy) is 1. The van der Waals surface area contributed by atoms with E-state index in [0.717, 1.165) is 4.88 Å². The zero-order valence-electron chi connectivity index (χ0n) is 11.1. The number of carbonyl (C=O) groups excluding carboxylic acids is 1. The highest BCUT2D eigenvalue weighted by Gasteiger charge is 2.19. The van der Waals surface area contributed by atoms with Crippen molar-refractivity contribution in [3.8, 4) is 0 Å². The monoisotopic (exact) mass is 327 g/mol. The van der Waals surface area contributed by atoms with E-state index in [9.17, 15) is 13.2 Å². The summed E-state index contributed by atoms with van der Waals surface area (Å²) in [6, 6.07) is 3.90. The van der Waals surface area contributed by atoms with E-state index >= 15 is 0 Å². The summed E-state index contributed by atoms with van der Waals surface area (Å²) in [6.07, 6.45) is 1.58. The lowest BCUT2D eigenvalue weighted by molar-refractivity contribution is 0.0600. The Hall–Kier alpha value is -1.97. The molecule has 21 heavy (non-hydrogen) atoms. The van der Waals surface area contributed by atoms with Gasteiger partial charge in [0.25, 0.3) is 0 Å². The molecule has 0 radical (unpaired) electrons. The van der Waals surface area contributed by atoms with Crippen molar-refractivity contribution in [2.24, 2.45) is 0 Å². The molecule has 0 aliphatic carbocycles. The summed E-state index contributed by atoms with van der Waals surface area (Å²) < 4.78 is 31.3. The molecular formula is C12H13N3O4S2. The first kappa shape index (κ1) is 15.4. The smallest absolute Gasteiger partial charge is 0.337 e. The van der Waals surface area contributed by atoms with E-state index in [-0.39, 0.29) is 22.7 Å². The minimum atomic E-state index is -3.76. The highest BCUT2D eigenvalue weighted by atomic mass is 32.2. The van der Waals surface area contributed by atoms with E-state index in [1.807, 2.05) is 0 Å². The molecule has 0 saturated heterocycles. The Balaban J connectivity index is 2.21. The number of benzene rings is 1. The van der Waals surface area contributed by atoms with Crippen LogP contribution >= 0.6 is 11.3 Å². The fourth-order valence-electron chi connectivity index (χ4n) is 1.61. The summed E-state index contributed by atoms with van der Waals surface area (Å²) in [4.78, 5) is 15.9. The predicted octanol–water partition coefficient (Wildman–Crippen LogP) is 0.990. The molecule has 0 aliphatic rings. The second kappa shape index (κ2) is 6.20. The van der Waals surface area contributed by atoms with Crippen LogP contribution in [0.2, 0.25) is 0 Å². The molecule has 0 bridgehead atoms. The maximum absolute atomic E-state index is 12.2. The number of nitrogens with two attached hydrogens (primary N) is 1. The van der Waals surface area contributed by atoms with Crippen LogP contribution < -0.4 is 10.5 Å². The average molecular weight is 327 g/mol. The average Bonchev–Trinajstić information content (AvgIpc) is 2.97. The van der Waals surface area contributed by atoms with Crippen LogP contribution in [-0.4, -0.2) is 26.5 Å². The first-order valence-electron chi connectivity index (χ1n) is 5.79. The van der Waals surface area contributed by atoms with Crippen molar-refractivity contribution in [2.75, 3.05) is 12.8 Å². The Labute approximate surface area is 125 Å². The number of nitrogen functional groups attached to an aromatic ring is 1. The third kappa shape index (κ3) is 3.57. The summed E-state index contributed by atoms with van der Waals surface area (Å²) in [6.45, 7) is 0.130. The number of carbonyl (C=O) groups is 1. The van der Waals surface area contributed by atoms with Crippen molar-refractivity contribution >= 4 is 33.0 Å². The van der Waals surface area contributed by atoms with Gasteiger partial charge in [0.15, 0.2) is 0 Å². The van der Waals surface area contributed by atoms with Crippen LogP contribution in [0.25, 0.3) is 0 Å². The molecule has 0 spiro atoms. The van der Waals surface area contributed by atoms with Gasteiger partial charge < -0.3 is 10.5 Å².